The number of carboxylic acid groups (broad SMARTS) is 1. The average molecular weight is 408 g/mol. The predicted molar refractivity (Wildman–Crippen MR) is 104 cm³/mol. The third kappa shape index (κ3) is 6.15. The maximum Gasteiger partial charge on any atom is 0.425 e. The molecule has 0 bridgehead atoms. The smallest absolute Gasteiger partial charge is 0.425 e. The summed E-state index contributed by atoms with van der Waals surface area (Å²) in [6.07, 6.45) is -1.34. The third-order valence-corrected chi connectivity index (χ3v) is 3.87. The van der Waals surface area contributed by atoms with E-state index in [-0.39, 0.29) is 17.4 Å². The number of rotatable bonds is 3. The van der Waals surface area contributed by atoms with E-state index in [9.17, 15) is 19.5 Å². The number of anilines is 1. The van der Waals surface area contributed by atoms with Crippen molar-refractivity contribution in [1.82, 2.24) is 4.98 Å². The van der Waals surface area contributed by atoms with Gasteiger partial charge in [0.25, 0.3) is 0 Å². The van der Waals surface area contributed by atoms with Gasteiger partial charge in [0.05, 0.1) is 6.61 Å². The van der Waals surface area contributed by atoms with Crippen molar-refractivity contribution in [1.29, 1.82) is 0 Å². The van der Waals surface area contributed by atoms with Crippen molar-refractivity contribution in [3.05, 3.63) is 23.4 Å². The molecular formula is C20H28N2O7. The van der Waals surface area contributed by atoms with E-state index in [0.29, 0.717) is 30.1 Å². The van der Waals surface area contributed by atoms with Crippen LogP contribution >= 0.6 is 0 Å². The van der Waals surface area contributed by atoms with Crippen LogP contribution in [0.2, 0.25) is 0 Å². The molecule has 1 aromatic rings. The van der Waals surface area contributed by atoms with E-state index in [2.05, 4.69) is 4.98 Å². The van der Waals surface area contributed by atoms with E-state index in [1.807, 2.05) is 0 Å². The number of carboxylic acids is 1. The van der Waals surface area contributed by atoms with Gasteiger partial charge in [-0.25, -0.2) is 19.4 Å². The zero-order valence-electron chi connectivity index (χ0n) is 17.6. The first-order valence-corrected chi connectivity index (χ1v) is 9.36. The van der Waals surface area contributed by atoms with Crippen LogP contribution in [-0.2, 0) is 14.2 Å². The SMILES string of the molecule is CC(C)(C)OC(=O)N(C(=O)OC(C)(C)C)c1ccc(C2CCOC2)c(C(=O)O)n1. The van der Waals surface area contributed by atoms with Crippen molar-refractivity contribution in [2.24, 2.45) is 0 Å². The molecule has 160 valence electrons. The zero-order chi connectivity index (χ0) is 22.0. The van der Waals surface area contributed by atoms with Gasteiger partial charge in [0.2, 0.25) is 0 Å². The minimum Gasteiger partial charge on any atom is -0.477 e. The van der Waals surface area contributed by atoms with Gasteiger partial charge in [0.15, 0.2) is 5.69 Å². The van der Waals surface area contributed by atoms with Crippen molar-refractivity contribution in [3.63, 3.8) is 0 Å². The van der Waals surface area contributed by atoms with Gasteiger partial charge in [0.1, 0.15) is 17.0 Å². The standard InChI is InChI=1S/C20H28N2O7/c1-19(2,3)28-17(25)22(18(26)29-20(4,5)6)14-8-7-13(12-9-10-27-11-12)15(21-14)16(23)24/h7-8,12H,9-11H2,1-6H3,(H,23,24). The van der Waals surface area contributed by atoms with Crippen LogP contribution in [0.1, 0.15) is 69.9 Å². The Bertz CT molecular complexity index is 759. The minimum absolute atomic E-state index is 0.112. The molecule has 1 atom stereocenters. The van der Waals surface area contributed by atoms with Gasteiger partial charge < -0.3 is 19.3 Å². The van der Waals surface area contributed by atoms with E-state index in [1.165, 1.54) is 6.07 Å². The number of aromatic carboxylic acids is 1. The average Bonchev–Trinajstić information content (AvgIpc) is 3.05. The van der Waals surface area contributed by atoms with Crippen LogP contribution in [-0.4, -0.2) is 52.7 Å². The lowest BCUT2D eigenvalue weighted by Gasteiger charge is -2.28. The van der Waals surface area contributed by atoms with Gasteiger partial charge in [-0.05, 0) is 59.6 Å². The van der Waals surface area contributed by atoms with Gasteiger partial charge in [-0.2, -0.15) is 4.90 Å². The molecule has 0 aliphatic carbocycles. The van der Waals surface area contributed by atoms with Gasteiger partial charge in [-0.1, -0.05) is 6.07 Å². The molecule has 1 aliphatic heterocycles. The fraction of sp³-hybridized carbons (Fsp3) is 0.600. The van der Waals surface area contributed by atoms with E-state index in [4.69, 9.17) is 14.2 Å². The number of carbonyl (C=O) groups excluding carboxylic acids is 2. The Balaban J connectivity index is 2.48. The molecule has 0 saturated carbocycles. The van der Waals surface area contributed by atoms with Crippen LogP contribution in [0.4, 0.5) is 15.4 Å². The first-order valence-electron chi connectivity index (χ1n) is 9.36. The van der Waals surface area contributed by atoms with Crippen LogP contribution < -0.4 is 4.90 Å². The fourth-order valence-corrected chi connectivity index (χ4v) is 2.74. The highest BCUT2D eigenvalue weighted by atomic mass is 16.6. The molecule has 0 radical (unpaired) electrons. The van der Waals surface area contributed by atoms with Gasteiger partial charge in [-0.3, -0.25) is 0 Å². The van der Waals surface area contributed by atoms with E-state index >= 15 is 0 Å². The highest BCUT2D eigenvalue weighted by molar-refractivity contribution is 6.09. The summed E-state index contributed by atoms with van der Waals surface area (Å²) in [5.41, 5.74) is -1.51. The summed E-state index contributed by atoms with van der Waals surface area (Å²) >= 11 is 0. The van der Waals surface area contributed by atoms with Crippen LogP contribution in [0.15, 0.2) is 12.1 Å². The maximum absolute atomic E-state index is 12.7. The Morgan fingerprint density at radius 3 is 2.03 bits per heavy atom. The Labute approximate surface area is 169 Å². The second-order valence-corrected chi connectivity index (χ2v) is 8.77. The molecule has 1 aromatic heterocycles. The van der Waals surface area contributed by atoms with Crippen molar-refractivity contribution >= 4 is 24.0 Å². The Kier molecular flexibility index (Phi) is 6.52. The summed E-state index contributed by atoms with van der Waals surface area (Å²) in [5.74, 6) is -1.56. The lowest BCUT2D eigenvalue weighted by Crippen LogP contribution is -2.44. The fourth-order valence-electron chi connectivity index (χ4n) is 2.74. The molecule has 2 rings (SSSR count). The first-order chi connectivity index (χ1) is 13.3. The summed E-state index contributed by atoms with van der Waals surface area (Å²) in [6.45, 7) is 10.8. The number of hydrogen-bond acceptors (Lipinski definition) is 7. The molecule has 1 fully saturated rings. The number of amides is 2. The molecule has 0 spiro atoms. The number of ether oxygens (including phenoxy) is 3. The Morgan fingerprint density at radius 2 is 1.62 bits per heavy atom. The molecule has 9 heteroatoms. The van der Waals surface area contributed by atoms with Gasteiger partial charge in [0, 0.05) is 12.5 Å². The Hall–Kier alpha value is -2.68. The van der Waals surface area contributed by atoms with Crippen molar-refractivity contribution < 1.29 is 33.7 Å². The lowest BCUT2D eigenvalue weighted by atomic mass is 9.97. The number of hydrogen-bond donors (Lipinski definition) is 1. The molecule has 1 aliphatic rings. The van der Waals surface area contributed by atoms with Crippen LogP contribution in [0.3, 0.4) is 0 Å². The summed E-state index contributed by atoms with van der Waals surface area (Å²) in [4.78, 5) is 41.9. The monoisotopic (exact) mass is 408 g/mol. The first kappa shape index (κ1) is 22.6. The number of pyridine rings is 1. The van der Waals surface area contributed by atoms with Gasteiger partial charge >= 0.3 is 18.2 Å². The second kappa shape index (κ2) is 8.36. The number of imide groups is 1. The minimum atomic E-state index is -1.26. The normalized spacial score (nSPS) is 17.0. The molecule has 9 nitrogen and oxygen atoms in total. The number of carbonyl (C=O) groups is 3. The van der Waals surface area contributed by atoms with Crippen LogP contribution in [0, 0.1) is 0 Å². The summed E-state index contributed by atoms with van der Waals surface area (Å²) in [7, 11) is 0. The molecule has 1 saturated heterocycles. The largest absolute Gasteiger partial charge is 0.477 e. The quantitative estimate of drug-likeness (QED) is 0.799. The molecule has 0 aromatic carbocycles. The van der Waals surface area contributed by atoms with Crippen LogP contribution in [0.5, 0.6) is 0 Å². The molecule has 2 heterocycles. The number of nitrogens with zero attached hydrogens (tertiary/aromatic N) is 2. The predicted octanol–water partition coefficient (Wildman–Crippen LogP) is 3.96. The lowest BCUT2D eigenvalue weighted by molar-refractivity contribution is 0.0427. The molecule has 1 N–H and O–H groups in total. The Morgan fingerprint density at radius 1 is 1.07 bits per heavy atom. The van der Waals surface area contributed by atoms with Crippen molar-refractivity contribution in [3.8, 4) is 0 Å². The summed E-state index contributed by atoms with van der Waals surface area (Å²) in [5, 5.41) is 9.63. The van der Waals surface area contributed by atoms with Crippen molar-refractivity contribution in [2.75, 3.05) is 18.1 Å². The number of aromatic nitrogens is 1. The third-order valence-electron chi connectivity index (χ3n) is 3.87. The van der Waals surface area contributed by atoms with Crippen LogP contribution in [0.25, 0.3) is 0 Å². The van der Waals surface area contributed by atoms with Crippen molar-refractivity contribution in [2.45, 2.75) is 65.1 Å². The topological polar surface area (TPSA) is 115 Å². The van der Waals surface area contributed by atoms with Gasteiger partial charge in [-0.15, -0.1) is 0 Å². The van der Waals surface area contributed by atoms with E-state index in [1.54, 1.807) is 47.6 Å². The second-order valence-electron chi connectivity index (χ2n) is 8.77. The zero-order valence-corrected chi connectivity index (χ0v) is 17.6. The molecule has 1 unspecified atom stereocenters. The molecule has 2 amide bonds. The molecular weight excluding hydrogens is 380 g/mol. The van der Waals surface area contributed by atoms with E-state index < -0.39 is 29.4 Å². The summed E-state index contributed by atoms with van der Waals surface area (Å²) in [6, 6.07) is 2.96. The molecule has 29 heavy (non-hydrogen) atoms. The highest BCUT2D eigenvalue weighted by Gasteiger charge is 2.35. The van der Waals surface area contributed by atoms with E-state index in [0.717, 1.165) is 0 Å². The highest BCUT2D eigenvalue weighted by Crippen LogP contribution is 2.30. The summed E-state index contributed by atoms with van der Waals surface area (Å²) < 4.78 is 15.9. The maximum atomic E-state index is 12.7.